The molecule has 29 heavy (non-hydrogen) atoms. The van der Waals surface area contributed by atoms with E-state index in [-0.39, 0.29) is 16.4 Å². The van der Waals surface area contributed by atoms with Crippen LogP contribution in [0.1, 0.15) is 15.9 Å². The maximum atomic E-state index is 12.4. The molecule has 0 saturated carbocycles. The number of amides is 1. The third kappa shape index (κ3) is 4.41. The van der Waals surface area contributed by atoms with Gasteiger partial charge in [-0.25, -0.2) is 4.98 Å². The molecule has 0 fully saturated rings. The van der Waals surface area contributed by atoms with Gasteiger partial charge in [-0.3, -0.25) is 20.2 Å². The summed E-state index contributed by atoms with van der Waals surface area (Å²) in [6, 6.07) is 7.75. The predicted molar refractivity (Wildman–Crippen MR) is 114 cm³/mol. The highest BCUT2D eigenvalue weighted by Gasteiger charge is 2.17. The van der Waals surface area contributed by atoms with Crippen LogP contribution in [0.5, 0.6) is 11.5 Å². The predicted octanol–water partition coefficient (Wildman–Crippen LogP) is 3.66. The SMILES string of the molecule is COc1cc(OC)c2nc(NC(=S)NC(=O)c3ccc(C)c([N+](=O)[O-])c3)sc2c1. The van der Waals surface area contributed by atoms with Gasteiger partial charge in [0, 0.05) is 23.3 Å². The smallest absolute Gasteiger partial charge is 0.273 e. The normalized spacial score (nSPS) is 10.4. The molecule has 0 unspecified atom stereocenters. The number of carbonyl (C=O) groups is 1. The van der Waals surface area contributed by atoms with Gasteiger partial charge in [-0.05, 0) is 31.3 Å². The minimum atomic E-state index is -0.564. The number of aromatic nitrogens is 1. The molecule has 3 aromatic rings. The monoisotopic (exact) mass is 432 g/mol. The number of anilines is 1. The first kappa shape index (κ1) is 20.4. The standard InChI is InChI=1S/C18H16N4O5S2/c1-9-4-5-10(6-12(9)22(24)25)16(23)20-17(28)21-18-19-15-13(27-3)7-11(26-2)8-14(15)29-18/h4-8H,1-3H3,(H2,19,20,21,23,28). The van der Waals surface area contributed by atoms with Crippen LogP contribution in [0.2, 0.25) is 0 Å². The molecule has 2 aromatic carbocycles. The Balaban J connectivity index is 1.76. The van der Waals surface area contributed by atoms with Crippen molar-refractivity contribution < 1.29 is 19.2 Å². The Morgan fingerprint density at radius 2 is 2.00 bits per heavy atom. The molecular weight excluding hydrogens is 416 g/mol. The number of hydrogen-bond acceptors (Lipinski definition) is 8. The largest absolute Gasteiger partial charge is 0.497 e. The number of ether oxygens (including phenoxy) is 2. The lowest BCUT2D eigenvalue weighted by molar-refractivity contribution is -0.385. The van der Waals surface area contributed by atoms with Gasteiger partial charge in [0.25, 0.3) is 11.6 Å². The Hall–Kier alpha value is -3.31. The summed E-state index contributed by atoms with van der Waals surface area (Å²) in [6.45, 7) is 1.60. The quantitative estimate of drug-likeness (QED) is 0.357. The van der Waals surface area contributed by atoms with E-state index in [1.54, 1.807) is 20.1 Å². The van der Waals surface area contributed by atoms with Crippen molar-refractivity contribution in [1.82, 2.24) is 10.3 Å². The molecule has 0 atom stereocenters. The van der Waals surface area contributed by atoms with Crippen LogP contribution in [-0.4, -0.2) is 35.1 Å². The zero-order chi connectivity index (χ0) is 21.1. The highest BCUT2D eigenvalue weighted by atomic mass is 32.1. The van der Waals surface area contributed by atoms with Crippen LogP contribution >= 0.6 is 23.6 Å². The fourth-order valence-electron chi connectivity index (χ4n) is 2.55. The molecule has 1 heterocycles. The second kappa shape index (κ2) is 8.37. The van der Waals surface area contributed by atoms with Crippen molar-refractivity contribution in [2.75, 3.05) is 19.5 Å². The number of fused-ring (bicyclic) bond motifs is 1. The molecule has 11 heteroatoms. The van der Waals surface area contributed by atoms with Crippen molar-refractivity contribution in [1.29, 1.82) is 0 Å². The fraction of sp³-hybridized carbons (Fsp3) is 0.167. The van der Waals surface area contributed by atoms with Gasteiger partial charge in [0.15, 0.2) is 10.2 Å². The van der Waals surface area contributed by atoms with Crippen molar-refractivity contribution in [2.24, 2.45) is 0 Å². The van der Waals surface area contributed by atoms with Crippen molar-refractivity contribution in [3.63, 3.8) is 0 Å². The zero-order valence-electron chi connectivity index (χ0n) is 15.6. The average Bonchev–Trinajstić information content (AvgIpc) is 3.08. The summed E-state index contributed by atoms with van der Waals surface area (Å²) in [5.41, 5.74) is 1.08. The highest BCUT2D eigenvalue weighted by molar-refractivity contribution is 7.80. The van der Waals surface area contributed by atoms with Crippen LogP contribution in [0, 0.1) is 17.0 Å². The van der Waals surface area contributed by atoms with E-state index < -0.39 is 10.8 Å². The van der Waals surface area contributed by atoms with Crippen LogP contribution in [0.25, 0.3) is 10.2 Å². The minimum Gasteiger partial charge on any atom is -0.497 e. The van der Waals surface area contributed by atoms with Gasteiger partial charge >= 0.3 is 0 Å². The Bertz CT molecular complexity index is 1130. The van der Waals surface area contributed by atoms with E-state index in [1.807, 2.05) is 6.07 Å². The Morgan fingerprint density at radius 3 is 2.66 bits per heavy atom. The van der Waals surface area contributed by atoms with Gasteiger partial charge in [0.1, 0.15) is 17.0 Å². The number of nitro benzene ring substituents is 1. The van der Waals surface area contributed by atoms with Crippen molar-refractivity contribution in [3.05, 3.63) is 51.6 Å². The van der Waals surface area contributed by atoms with E-state index in [1.165, 1.54) is 36.6 Å². The molecule has 1 aromatic heterocycles. The van der Waals surface area contributed by atoms with Gasteiger partial charge in [-0.2, -0.15) is 0 Å². The van der Waals surface area contributed by atoms with Gasteiger partial charge in [0.05, 0.1) is 23.8 Å². The minimum absolute atomic E-state index is 0.0169. The number of thiocarbonyl (C=S) groups is 1. The number of nitro groups is 1. The van der Waals surface area contributed by atoms with Gasteiger partial charge in [-0.15, -0.1) is 0 Å². The molecule has 0 saturated heterocycles. The summed E-state index contributed by atoms with van der Waals surface area (Å²) in [5, 5.41) is 16.9. The van der Waals surface area contributed by atoms with E-state index in [2.05, 4.69) is 15.6 Å². The fourth-order valence-corrected chi connectivity index (χ4v) is 3.72. The van der Waals surface area contributed by atoms with E-state index in [4.69, 9.17) is 21.7 Å². The lowest BCUT2D eigenvalue weighted by atomic mass is 10.1. The summed E-state index contributed by atoms with van der Waals surface area (Å²) in [5.74, 6) is 0.609. The summed E-state index contributed by atoms with van der Waals surface area (Å²) in [6.07, 6.45) is 0. The molecule has 0 spiro atoms. The lowest BCUT2D eigenvalue weighted by Gasteiger charge is -2.07. The molecule has 2 N–H and O–H groups in total. The van der Waals surface area contributed by atoms with Gasteiger partial charge in [-0.1, -0.05) is 17.4 Å². The summed E-state index contributed by atoms with van der Waals surface area (Å²) in [4.78, 5) is 27.3. The number of hydrogen-bond donors (Lipinski definition) is 2. The highest BCUT2D eigenvalue weighted by Crippen LogP contribution is 2.36. The Kier molecular flexibility index (Phi) is 5.89. The first-order chi connectivity index (χ1) is 13.8. The summed E-state index contributed by atoms with van der Waals surface area (Å²) < 4.78 is 11.4. The zero-order valence-corrected chi connectivity index (χ0v) is 17.3. The summed E-state index contributed by atoms with van der Waals surface area (Å²) in [7, 11) is 3.09. The Labute approximate surface area is 174 Å². The molecular formula is C18H16N4O5S2. The number of nitrogens with one attached hydrogen (secondary N) is 2. The number of aryl methyl sites for hydroxylation is 1. The lowest BCUT2D eigenvalue weighted by Crippen LogP contribution is -2.34. The number of methoxy groups -OCH3 is 2. The molecule has 0 bridgehead atoms. The third-order valence-electron chi connectivity index (χ3n) is 4.00. The molecule has 0 aliphatic carbocycles. The van der Waals surface area contributed by atoms with Gasteiger partial charge < -0.3 is 14.8 Å². The molecule has 1 amide bonds. The first-order valence-electron chi connectivity index (χ1n) is 8.22. The summed E-state index contributed by atoms with van der Waals surface area (Å²) >= 11 is 6.48. The number of rotatable bonds is 5. The van der Waals surface area contributed by atoms with Crippen LogP contribution in [-0.2, 0) is 0 Å². The average molecular weight is 432 g/mol. The molecule has 0 radical (unpaired) electrons. The van der Waals surface area contributed by atoms with Crippen LogP contribution < -0.4 is 20.1 Å². The maximum absolute atomic E-state index is 12.4. The van der Waals surface area contributed by atoms with Crippen LogP contribution in [0.4, 0.5) is 10.8 Å². The second-order valence-corrected chi connectivity index (χ2v) is 7.30. The van der Waals surface area contributed by atoms with E-state index in [0.29, 0.717) is 27.7 Å². The first-order valence-corrected chi connectivity index (χ1v) is 9.44. The van der Waals surface area contributed by atoms with Crippen LogP contribution in [0.3, 0.4) is 0 Å². The third-order valence-corrected chi connectivity index (χ3v) is 5.13. The van der Waals surface area contributed by atoms with E-state index in [9.17, 15) is 14.9 Å². The molecule has 3 rings (SSSR count). The number of benzene rings is 2. The molecule has 0 aliphatic rings. The van der Waals surface area contributed by atoms with Gasteiger partial charge in [0.2, 0.25) is 0 Å². The van der Waals surface area contributed by atoms with Crippen LogP contribution in [0.15, 0.2) is 30.3 Å². The Morgan fingerprint density at radius 1 is 1.24 bits per heavy atom. The van der Waals surface area contributed by atoms with E-state index in [0.717, 1.165) is 4.70 Å². The number of nitrogens with zero attached hydrogens (tertiary/aromatic N) is 2. The van der Waals surface area contributed by atoms with Crippen molar-refractivity contribution in [3.8, 4) is 11.5 Å². The molecule has 150 valence electrons. The maximum Gasteiger partial charge on any atom is 0.273 e. The second-order valence-electron chi connectivity index (χ2n) is 5.86. The van der Waals surface area contributed by atoms with E-state index >= 15 is 0 Å². The number of thiazole rings is 1. The molecule has 0 aliphatic heterocycles. The van der Waals surface area contributed by atoms with Crippen molar-refractivity contribution in [2.45, 2.75) is 6.92 Å². The topological polar surface area (TPSA) is 116 Å². The number of carbonyl (C=O) groups excluding carboxylic acids is 1. The van der Waals surface area contributed by atoms with Crippen molar-refractivity contribution >= 4 is 55.6 Å². The molecule has 9 nitrogen and oxygen atoms in total.